The van der Waals surface area contributed by atoms with Crippen LogP contribution in [0.4, 0.5) is 0 Å². The molecule has 0 aromatic carbocycles. The number of hydrogen-bond donors (Lipinski definition) is 0. The van der Waals surface area contributed by atoms with Gasteiger partial charge in [0.05, 0.1) is 5.41 Å². The first-order valence-electron chi connectivity index (χ1n) is 8.26. The van der Waals surface area contributed by atoms with Crippen molar-refractivity contribution in [3.63, 3.8) is 0 Å². The fourth-order valence-electron chi connectivity index (χ4n) is 2.02. The lowest BCUT2D eigenvalue weighted by Crippen LogP contribution is -2.29. The Morgan fingerprint density at radius 1 is 1.36 bits per heavy atom. The molecular weight excluding hydrogens is 280 g/mol. The molecule has 0 spiro atoms. The van der Waals surface area contributed by atoms with Crippen molar-refractivity contribution in [2.75, 3.05) is 40.8 Å². The van der Waals surface area contributed by atoms with Gasteiger partial charge in [-0.25, -0.2) is 0 Å². The first kappa shape index (κ1) is 20.9. The second-order valence-electron chi connectivity index (χ2n) is 6.85. The van der Waals surface area contributed by atoms with E-state index in [1.54, 1.807) is 4.90 Å². The third-order valence-electron chi connectivity index (χ3n) is 3.79. The van der Waals surface area contributed by atoms with Gasteiger partial charge < -0.3 is 14.5 Å². The maximum atomic E-state index is 11.7. The lowest BCUT2D eigenvalue weighted by Gasteiger charge is -2.22. The van der Waals surface area contributed by atoms with Crippen LogP contribution < -0.4 is 0 Å². The van der Waals surface area contributed by atoms with E-state index in [2.05, 4.69) is 6.92 Å². The number of esters is 1. The summed E-state index contributed by atoms with van der Waals surface area (Å²) in [5.41, 5.74) is -0.331. The standard InChI is InChI=1S/C12H25NO2.C5H9NO/c1-6-7-8-12(2,3)11(14)15-10-9-13(4)5;1-6-4-2-3-5(6)7/h6-10H2,1-5H3;2-4H2,1H3. The van der Waals surface area contributed by atoms with Gasteiger partial charge in [-0.05, 0) is 40.8 Å². The fourth-order valence-corrected chi connectivity index (χ4v) is 2.02. The van der Waals surface area contributed by atoms with Crippen LogP contribution in [0.5, 0.6) is 0 Å². The quantitative estimate of drug-likeness (QED) is 0.678. The molecule has 130 valence electrons. The Balaban J connectivity index is 0.000000518. The van der Waals surface area contributed by atoms with E-state index in [0.717, 1.165) is 45.2 Å². The van der Waals surface area contributed by atoms with Gasteiger partial charge in [-0.3, -0.25) is 9.59 Å². The molecular formula is C17H34N2O3. The van der Waals surface area contributed by atoms with Crippen molar-refractivity contribution in [2.24, 2.45) is 5.41 Å². The molecule has 5 nitrogen and oxygen atoms in total. The van der Waals surface area contributed by atoms with E-state index in [1.165, 1.54) is 0 Å². The van der Waals surface area contributed by atoms with Gasteiger partial charge in [0.2, 0.25) is 5.91 Å². The molecule has 1 amide bonds. The van der Waals surface area contributed by atoms with E-state index >= 15 is 0 Å². The second kappa shape index (κ2) is 10.6. The first-order valence-corrected chi connectivity index (χ1v) is 8.26. The first-order chi connectivity index (χ1) is 10.2. The van der Waals surface area contributed by atoms with Crippen LogP contribution in [0.1, 0.15) is 52.9 Å². The number of ether oxygens (including phenoxy) is 1. The number of rotatable bonds is 7. The van der Waals surface area contributed by atoms with Gasteiger partial charge in [-0.1, -0.05) is 19.8 Å². The van der Waals surface area contributed by atoms with Gasteiger partial charge in [0.15, 0.2) is 0 Å². The van der Waals surface area contributed by atoms with E-state index in [-0.39, 0.29) is 11.4 Å². The Bertz CT molecular complexity index is 341. The Morgan fingerprint density at radius 2 is 2.00 bits per heavy atom. The number of hydrogen-bond acceptors (Lipinski definition) is 4. The maximum Gasteiger partial charge on any atom is 0.311 e. The minimum Gasteiger partial charge on any atom is -0.464 e. The van der Waals surface area contributed by atoms with Crippen LogP contribution in [0.25, 0.3) is 0 Å². The average Bonchev–Trinajstić information content (AvgIpc) is 2.81. The zero-order valence-electron chi connectivity index (χ0n) is 15.3. The highest BCUT2D eigenvalue weighted by atomic mass is 16.5. The molecule has 0 unspecified atom stereocenters. The normalized spacial score (nSPS) is 14.9. The van der Waals surface area contributed by atoms with Gasteiger partial charge in [-0.15, -0.1) is 0 Å². The van der Waals surface area contributed by atoms with E-state index in [9.17, 15) is 9.59 Å². The van der Waals surface area contributed by atoms with Crippen molar-refractivity contribution >= 4 is 11.9 Å². The van der Waals surface area contributed by atoms with Crippen molar-refractivity contribution in [1.29, 1.82) is 0 Å². The molecule has 1 fully saturated rings. The molecule has 0 radical (unpaired) electrons. The summed E-state index contributed by atoms with van der Waals surface area (Å²) in [4.78, 5) is 26.0. The van der Waals surface area contributed by atoms with Crippen molar-refractivity contribution in [1.82, 2.24) is 9.80 Å². The summed E-state index contributed by atoms with van der Waals surface area (Å²) in [5.74, 6) is 0.220. The lowest BCUT2D eigenvalue weighted by atomic mass is 9.87. The molecule has 5 heteroatoms. The van der Waals surface area contributed by atoms with Crippen molar-refractivity contribution in [3.8, 4) is 0 Å². The maximum absolute atomic E-state index is 11.7. The number of carbonyl (C=O) groups is 2. The van der Waals surface area contributed by atoms with Gasteiger partial charge in [-0.2, -0.15) is 0 Å². The smallest absolute Gasteiger partial charge is 0.311 e. The zero-order valence-corrected chi connectivity index (χ0v) is 15.3. The number of carbonyl (C=O) groups excluding carboxylic acids is 2. The Hall–Kier alpha value is -1.10. The largest absolute Gasteiger partial charge is 0.464 e. The summed E-state index contributed by atoms with van der Waals surface area (Å²) in [6.45, 7) is 8.28. The Labute approximate surface area is 136 Å². The molecule has 0 N–H and O–H groups in total. The van der Waals surface area contributed by atoms with E-state index < -0.39 is 0 Å². The molecule has 1 saturated heterocycles. The number of likely N-dealkylation sites (tertiary alicyclic amines) is 1. The number of nitrogens with zero attached hydrogens (tertiary/aromatic N) is 2. The van der Waals surface area contributed by atoms with Crippen molar-refractivity contribution < 1.29 is 14.3 Å². The monoisotopic (exact) mass is 314 g/mol. The van der Waals surface area contributed by atoms with Crippen LogP contribution >= 0.6 is 0 Å². The van der Waals surface area contributed by atoms with Crippen LogP contribution in [0.2, 0.25) is 0 Å². The highest BCUT2D eigenvalue weighted by Gasteiger charge is 2.28. The minimum atomic E-state index is -0.331. The molecule has 0 atom stereocenters. The zero-order chi connectivity index (χ0) is 17.2. The molecule has 0 aliphatic carbocycles. The van der Waals surface area contributed by atoms with Crippen LogP contribution in [0.3, 0.4) is 0 Å². The Kier molecular flexibility index (Phi) is 10.1. The summed E-state index contributed by atoms with van der Waals surface area (Å²) < 4.78 is 5.23. The third-order valence-corrected chi connectivity index (χ3v) is 3.79. The Morgan fingerprint density at radius 3 is 2.36 bits per heavy atom. The summed E-state index contributed by atoms with van der Waals surface area (Å²) in [5, 5.41) is 0. The molecule has 22 heavy (non-hydrogen) atoms. The summed E-state index contributed by atoms with van der Waals surface area (Å²) in [7, 11) is 5.78. The molecule has 0 aromatic rings. The molecule has 1 aliphatic heterocycles. The lowest BCUT2D eigenvalue weighted by molar-refractivity contribution is -0.154. The summed E-state index contributed by atoms with van der Waals surface area (Å²) >= 11 is 0. The van der Waals surface area contributed by atoms with Crippen molar-refractivity contribution in [3.05, 3.63) is 0 Å². The third kappa shape index (κ3) is 9.03. The molecule has 0 aromatic heterocycles. The SMILES string of the molecule is CCCCC(C)(C)C(=O)OCCN(C)C.CN1CCCC1=O. The molecule has 0 saturated carbocycles. The van der Waals surface area contributed by atoms with Crippen molar-refractivity contribution in [2.45, 2.75) is 52.9 Å². The van der Waals surface area contributed by atoms with Crippen LogP contribution in [0, 0.1) is 5.41 Å². The predicted molar refractivity (Wildman–Crippen MR) is 89.7 cm³/mol. The van der Waals surface area contributed by atoms with Crippen LogP contribution in [-0.4, -0.2) is 62.5 Å². The van der Waals surface area contributed by atoms with Gasteiger partial charge in [0.1, 0.15) is 6.61 Å². The second-order valence-corrected chi connectivity index (χ2v) is 6.85. The molecule has 1 rings (SSSR count). The number of likely N-dealkylation sites (N-methyl/N-ethyl adjacent to an activating group) is 1. The number of unbranched alkanes of at least 4 members (excludes halogenated alkanes) is 1. The number of amides is 1. The van der Waals surface area contributed by atoms with Crippen LogP contribution in [0.15, 0.2) is 0 Å². The highest BCUT2D eigenvalue weighted by molar-refractivity contribution is 5.77. The molecule has 1 aliphatic rings. The predicted octanol–water partition coefficient (Wildman–Crippen LogP) is 2.55. The minimum absolute atomic E-state index is 0.0715. The summed E-state index contributed by atoms with van der Waals surface area (Å²) in [6.07, 6.45) is 4.92. The average molecular weight is 314 g/mol. The van der Waals surface area contributed by atoms with E-state index in [4.69, 9.17) is 4.74 Å². The molecule has 0 bridgehead atoms. The highest BCUT2D eigenvalue weighted by Crippen LogP contribution is 2.24. The van der Waals surface area contributed by atoms with E-state index in [0.29, 0.717) is 12.5 Å². The van der Waals surface area contributed by atoms with Gasteiger partial charge >= 0.3 is 5.97 Å². The fraction of sp³-hybridized carbons (Fsp3) is 0.882. The van der Waals surface area contributed by atoms with Gasteiger partial charge in [0.25, 0.3) is 0 Å². The summed E-state index contributed by atoms with van der Waals surface area (Å²) in [6, 6.07) is 0. The topological polar surface area (TPSA) is 49.9 Å². The van der Waals surface area contributed by atoms with Crippen LogP contribution in [-0.2, 0) is 14.3 Å². The van der Waals surface area contributed by atoms with Gasteiger partial charge in [0, 0.05) is 26.6 Å². The molecule has 1 heterocycles. The van der Waals surface area contributed by atoms with E-state index in [1.807, 2.05) is 39.9 Å².